The van der Waals surface area contributed by atoms with Gasteiger partial charge in [0.05, 0.1) is 13.7 Å². The molecule has 11 heavy (non-hydrogen) atoms. The predicted octanol–water partition coefficient (Wildman–Crippen LogP) is 0.311. The number of rotatable bonds is 1. The van der Waals surface area contributed by atoms with E-state index in [9.17, 15) is 4.79 Å². The Morgan fingerprint density at radius 2 is 2.27 bits per heavy atom. The van der Waals surface area contributed by atoms with E-state index in [0.29, 0.717) is 0 Å². The lowest BCUT2D eigenvalue weighted by atomic mass is 10.4. The molecular weight excluding hydrogens is 151 g/mol. The van der Waals surface area contributed by atoms with Crippen LogP contribution in [-0.4, -0.2) is 31.6 Å². The molecule has 0 N–H and O–H groups in total. The molecule has 1 fully saturated rings. The van der Waals surface area contributed by atoms with E-state index in [1.54, 1.807) is 13.8 Å². The average Bonchev–Trinajstić information content (AvgIpc) is 2.29. The van der Waals surface area contributed by atoms with E-state index in [2.05, 4.69) is 4.74 Å². The van der Waals surface area contributed by atoms with Gasteiger partial charge in [-0.1, -0.05) is 0 Å². The highest BCUT2D eigenvalue weighted by molar-refractivity contribution is 5.74. The van der Waals surface area contributed by atoms with Gasteiger partial charge in [-0.05, 0) is 13.8 Å². The Balaban J connectivity index is 2.48. The summed E-state index contributed by atoms with van der Waals surface area (Å²) in [4.78, 5) is 10.9. The van der Waals surface area contributed by atoms with Crippen LogP contribution in [0.3, 0.4) is 0 Å². The van der Waals surface area contributed by atoms with Crippen molar-refractivity contribution >= 4 is 5.97 Å². The maximum atomic E-state index is 10.9. The highest BCUT2D eigenvalue weighted by Gasteiger charge is 2.37. The summed E-state index contributed by atoms with van der Waals surface area (Å²) in [6.07, 6.45) is -0.560. The minimum absolute atomic E-state index is 0.277. The first-order valence-electron chi connectivity index (χ1n) is 3.45. The van der Waals surface area contributed by atoms with Gasteiger partial charge in [0.25, 0.3) is 0 Å². The lowest BCUT2D eigenvalue weighted by Gasteiger charge is -2.15. The van der Waals surface area contributed by atoms with Gasteiger partial charge in [-0.2, -0.15) is 0 Å². The largest absolute Gasteiger partial charge is 0.467 e. The number of methoxy groups -OCH3 is 1. The SMILES string of the molecule is CO[13C](=O)[13CH]1[13CH2]OC(C)(C)O1. The van der Waals surface area contributed by atoms with Crippen LogP contribution in [-0.2, 0) is 19.0 Å². The first-order chi connectivity index (χ1) is 5.05. The molecule has 1 aliphatic heterocycles. The molecule has 0 spiro atoms. The third-order valence-corrected chi connectivity index (χ3v) is 1.47. The third kappa shape index (κ3) is 1.91. The molecule has 0 saturated carbocycles. The maximum Gasteiger partial charge on any atom is 0.337 e. The number of carbonyl (C=O) groups is 1. The average molecular weight is 163 g/mol. The molecule has 1 heterocycles. The molecule has 1 rings (SSSR count). The predicted molar refractivity (Wildman–Crippen MR) is 36.9 cm³/mol. The lowest BCUT2D eigenvalue weighted by molar-refractivity contribution is -0.167. The molecule has 4 nitrogen and oxygen atoms in total. The molecule has 0 aromatic rings. The summed E-state index contributed by atoms with van der Waals surface area (Å²) in [5, 5.41) is 0. The zero-order valence-electron chi connectivity index (χ0n) is 6.92. The third-order valence-electron chi connectivity index (χ3n) is 1.47. The van der Waals surface area contributed by atoms with E-state index in [4.69, 9.17) is 9.47 Å². The first-order valence-corrected chi connectivity index (χ1v) is 3.45. The molecule has 0 aromatic carbocycles. The molecule has 1 aliphatic rings. The van der Waals surface area contributed by atoms with E-state index in [1.165, 1.54) is 7.11 Å². The Kier molecular flexibility index (Phi) is 2.15. The summed E-state index contributed by atoms with van der Waals surface area (Å²) < 4.78 is 14.8. The van der Waals surface area contributed by atoms with E-state index in [1.807, 2.05) is 0 Å². The van der Waals surface area contributed by atoms with Gasteiger partial charge >= 0.3 is 5.97 Å². The van der Waals surface area contributed by atoms with Gasteiger partial charge in [0.15, 0.2) is 11.9 Å². The van der Waals surface area contributed by atoms with Crippen molar-refractivity contribution < 1.29 is 19.0 Å². The van der Waals surface area contributed by atoms with E-state index in [-0.39, 0.29) is 12.6 Å². The van der Waals surface area contributed by atoms with Gasteiger partial charge in [0.1, 0.15) is 0 Å². The molecule has 0 aromatic heterocycles. The second-order valence-electron chi connectivity index (χ2n) is 2.84. The number of esters is 1. The Bertz CT molecular complexity index is 164. The fourth-order valence-electron chi connectivity index (χ4n) is 0.935. The summed E-state index contributed by atoms with van der Waals surface area (Å²) in [6, 6.07) is 0. The van der Waals surface area contributed by atoms with Gasteiger partial charge in [-0.15, -0.1) is 0 Å². The lowest BCUT2D eigenvalue weighted by Crippen LogP contribution is -2.27. The normalized spacial score (nSPS) is 28.5. The standard InChI is InChI=1S/C7H12O4/c1-7(2)10-4-5(11-7)6(8)9-3/h5H,4H2,1-3H3/i4+1,5+1,6+1. The smallest absolute Gasteiger partial charge is 0.337 e. The van der Waals surface area contributed by atoms with Crippen molar-refractivity contribution in [3.8, 4) is 0 Å². The first kappa shape index (κ1) is 8.49. The van der Waals surface area contributed by atoms with Crippen molar-refractivity contribution in [2.24, 2.45) is 0 Å². The van der Waals surface area contributed by atoms with Crippen LogP contribution in [0.1, 0.15) is 13.8 Å². The van der Waals surface area contributed by atoms with E-state index < -0.39 is 11.9 Å². The van der Waals surface area contributed by atoms with Gasteiger partial charge in [0, 0.05) is 0 Å². The zero-order chi connectivity index (χ0) is 8.48. The van der Waals surface area contributed by atoms with E-state index >= 15 is 0 Å². The van der Waals surface area contributed by atoms with Gasteiger partial charge in [0.2, 0.25) is 0 Å². The van der Waals surface area contributed by atoms with Crippen LogP contribution >= 0.6 is 0 Å². The Morgan fingerprint density at radius 3 is 2.64 bits per heavy atom. The molecule has 1 unspecified atom stereocenters. The summed E-state index contributed by atoms with van der Waals surface area (Å²) in [6.45, 7) is 3.80. The molecule has 0 amide bonds. The van der Waals surface area contributed by atoms with Crippen LogP contribution in [0.2, 0.25) is 0 Å². The number of ether oxygens (including phenoxy) is 3. The second kappa shape index (κ2) is 2.79. The van der Waals surface area contributed by atoms with Crippen LogP contribution in [0.15, 0.2) is 0 Å². The second-order valence-corrected chi connectivity index (χ2v) is 2.84. The molecule has 4 heteroatoms. The quantitative estimate of drug-likeness (QED) is 0.412. The number of carbonyl (C=O) groups excluding carboxylic acids is 1. The Hall–Kier alpha value is -0.610. The van der Waals surface area contributed by atoms with Crippen LogP contribution in [0.25, 0.3) is 0 Å². The molecule has 0 radical (unpaired) electrons. The fourth-order valence-corrected chi connectivity index (χ4v) is 0.935. The van der Waals surface area contributed by atoms with Crippen LogP contribution in [0.4, 0.5) is 0 Å². The Labute approximate surface area is 65.4 Å². The molecular formula is C7H12O4. The zero-order valence-corrected chi connectivity index (χ0v) is 6.92. The van der Waals surface area contributed by atoms with Crippen LogP contribution in [0, 0.1) is 0 Å². The van der Waals surface area contributed by atoms with E-state index in [0.717, 1.165) is 0 Å². The van der Waals surface area contributed by atoms with Gasteiger partial charge < -0.3 is 14.2 Å². The fraction of sp³-hybridized carbons (Fsp3) is 0.857. The Morgan fingerprint density at radius 1 is 1.64 bits per heavy atom. The maximum absolute atomic E-state index is 10.9. The minimum atomic E-state index is -0.654. The van der Waals surface area contributed by atoms with Crippen molar-refractivity contribution in [2.75, 3.05) is 13.7 Å². The molecule has 64 valence electrons. The highest BCUT2D eigenvalue weighted by atomic mass is 16.9. The van der Waals surface area contributed by atoms with Crippen LogP contribution < -0.4 is 0 Å². The summed E-state index contributed by atoms with van der Waals surface area (Å²) in [7, 11) is 1.33. The summed E-state index contributed by atoms with van der Waals surface area (Å²) >= 11 is 0. The van der Waals surface area contributed by atoms with Crippen molar-refractivity contribution in [3.05, 3.63) is 0 Å². The molecule has 1 atom stereocenters. The monoisotopic (exact) mass is 163 g/mol. The summed E-state index contributed by atoms with van der Waals surface area (Å²) in [5.41, 5.74) is 0. The molecule has 0 aliphatic carbocycles. The topological polar surface area (TPSA) is 44.8 Å². The van der Waals surface area contributed by atoms with Gasteiger partial charge in [-0.3, -0.25) is 0 Å². The summed E-state index contributed by atoms with van der Waals surface area (Å²) in [5.74, 6) is -1.03. The number of hydrogen-bond donors (Lipinski definition) is 0. The van der Waals surface area contributed by atoms with Crippen molar-refractivity contribution in [3.63, 3.8) is 0 Å². The van der Waals surface area contributed by atoms with Crippen molar-refractivity contribution in [1.82, 2.24) is 0 Å². The number of hydrogen-bond acceptors (Lipinski definition) is 4. The molecule has 1 saturated heterocycles. The minimum Gasteiger partial charge on any atom is -0.467 e. The van der Waals surface area contributed by atoms with Gasteiger partial charge in [-0.25, -0.2) is 4.79 Å². The highest BCUT2D eigenvalue weighted by Crippen LogP contribution is 2.22. The van der Waals surface area contributed by atoms with Crippen molar-refractivity contribution in [2.45, 2.75) is 25.7 Å². The molecule has 0 bridgehead atoms. The van der Waals surface area contributed by atoms with Crippen molar-refractivity contribution in [1.29, 1.82) is 0 Å². The van der Waals surface area contributed by atoms with Crippen LogP contribution in [0.5, 0.6) is 0 Å².